The molecule has 3 N–H and O–H groups in total. The molecule has 0 amide bonds. The number of hydrogen-bond acceptors (Lipinski definition) is 9. The molecule has 41 heavy (non-hydrogen) atoms. The number of halogens is 3. The summed E-state index contributed by atoms with van der Waals surface area (Å²) in [7, 11) is -10.3. The number of alkyl halides is 3. The van der Waals surface area contributed by atoms with Crippen molar-refractivity contribution in [2.24, 2.45) is 5.14 Å². The van der Waals surface area contributed by atoms with Gasteiger partial charge in [-0.3, -0.25) is 4.90 Å². The third-order valence-electron chi connectivity index (χ3n) is 6.80. The van der Waals surface area contributed by atoms with Gasteiger partial charge in [0.1, 0.15) is 4.90 Å². The molecule has 1 saturated heterocycles. The van der Waals surface area contributed by atoms with Gasteiger partial charge in [0, 0.05) is 42.9 Å². The molecule has 0 unspecified atom stereocenters. The van der Waals surface area contributed by atoms with E-state index >= 15 is 0 Å². The van der Waals surface area contributed by atoms with Gasteiger partial charge < -0.3 is 15.0 Å². The van der Waals surface area contributed by atoms with Gasteiger partial charge in [0.2, 0.25) is 10.0 Å². The number of nitrogens with one attached hydrogen (secondary N) is 1. The predicted octanol–water partition coefficient (Wildman–Crippen LogP) is 3.63. The quantitative estimate of drug-likeness (QED) is 0.299. The van der Waals surface area contributed by atoms with Crippen LogP contribution in [0.5, 0.6) is 0 Å². The molecule has 2 atom stereocenters. The Morgan fingerprint density at radius 3 is 2.41 bits per heavy atom. The Labute approximate surface area is 244 Å². The van der Waals surface area contributed by atoms with E-state index in [2.05, 4.69) is 29.0 Å². The summed E-state index contributed by atoms with van der Waals surface area (Å²) >= 11 is 1.48. The van der Waals surface area contributed by atoms with Gasteiger partial charge in [-0.05, 0) is 49.8 Å². The van der Waals surface area contributed by atoms with Crippen LogP contribution in [0.4, 0.5) is 18.9 Å². The van der Waals surface area contributed by atoms with E-state index in [0.29, 0.717) is 44.5 Å². The highest BCUT2D eigenvalue weighted by Gasteiger charge is 2.48. The molecule has 1 aliphatic heterocycles. The summed E-state index contributed by atoms with van der Waals surface area (Å²) in [5.41, 5.74) is -5.97. The molecule has 2 aromatic rings. The molecular formula is C26H37F3N4O5S3. The summed E-state index contributed by atoms with van der Waals surface area (Å²) in [4.78, 5) is 3.54. The number of ether oxygens (including phenoxy) is 1. The fraction of sp³-hybridized carbons (Fsp3) is 0.538. The number of sulfone groups is 1. The molecule has 0 aromatic heterocycles. The monoisotopic (exact) mass is 638 g/mol. The van der Waals surface area contributed by atoms with E-state index in [1.165, 1.54) is 11.8 Å². The van der Waals surface area contributed by atoms with E-state index in [1.807, 2.05) is 30.3 Å². The molecule has 3 rings (SSSR count). The number of likely N-dealkylation sites (N-methyl/N-ethyl adjacent to an activating group) is 1. The van der Waals surface area contributed by atoms with Gasteiger partial charge in [-0.25, -0.2) is 22.0 Å². The highest BCUT2D eigenvalue weighted by Crippen LogP contribution is 2.36. The van der Waals surface area contributed by atoms with Crippen LogP contribution in [0.3, 0.4) is 0 Å². The number of primary sulfonamides is 1. The first-order valence-corrected chi connectivity index (χ1v) is 17.2. The number of morpholine rings is 1. The van der Waals surface area contributed by atoms with E-state index in [4.69, 9.17) is 9.88 Å². The van der Waals surface area contributed by atoms with Crippen LogP contribution in [0.1, 0.15) is 20.3 Å². The van der Waals surface area contributed by atoms with Crippen molar-refractivity contribution >= 4 is 37.3 Å². The minimum Gasteiger partial charge on any atom is -0.380 e. The Kier molecular flexibility index (Phi) is 11.9. The van der Waals surface area contributed by atoms with Gasteiger partial charge in [-0.1, -0.05) is 32.0 Å². The molecule has 0 bridgehead atoms. The van der Waals surface area contributed by atoms with E-state index in [0.717, 1.165) is 36.7 Å². The summed E-state index contributed by atoms with van der Waals surface area (Å²) in [6.45, 7) is 9.35. The molecule has 230 valence electrons. The number of benzene rings is 2. The van der Waals surface area contributed by atoms with Gasteiger partial charge in [0.15, 0.2) is 0 Å². The highest BCUT2D eigenvalue weighted by molar-refractivity contribution is 7.99. The van der Waals surface area contributed by atoms with Gasteiger partial charge in [0.25, 0.3) is 9.84 Å². The lowest BCUT2D eigenvalue weighted by Gasteiger charge is -2.36. The Balaban J connectivity index is 1.85. The lowest BCUT2D eigenvalue weighted by Crippen LogP contribution is -2.48. The first kappa shape index (κ1) is 33.6. The largest absolute Gasteiger partial charge is 0.501 e. The van der Waals surface area contributed by atoms with Crippen LogP contribution in [-0.2, 0) is 24.6 Å². The number of rotatable bonds is 14. The Morgan fingerprint density at radius 2 is 1.80 bits per heavy atom. The maximum Gasteiger partial charge on any atom is 0.501 e. The molecule has 0 saturated carbocycles. The van der Waals surface area contributed by atoms with E-state index < -0.39 is 41.2 Å². The van der Waals surface area contributed by atoms with Crippen molar-refractivity contribution in [3.63, 3.8) is 0 Å². The Hall–Kier alpha value is -1.88. The predicted molar refractivity (Wildman–Crippen MR) is 154 cm³/mol. The molecule has 1 fully saturated rings. The summed E-state index contributed by atoms with van der Waals surface area (Å²) in [6, 6.07) is 11.4. The number of nitrogens with two attached hydrogens (primary N) is 1. The number of sulfonamides is 1. The van der Waals surface area contributed by atoms with Crippen molar-refractivity contribution in [1.82, 2.24) is 9.80 Å². The van der Waals surface area contributed by atoms with Gasteiger partial charge >= 0.3 is 5.51 Å². The van der Waals surface area contributed by atoms with Crippen molar-refractivity contribution in [2.75, 3.05) is 56.9 Å². The zero-order chi connectivity index (χ0) is 30.3. The number of thioether (sulfide) groups is 1. The van der Waals surface area contributed by atoms with Crippen LogP contribution in [0.2, 0.25) is 0 Å². The lowest BCUT2D eigenvalue weighted by atomic mass is 10.1. The standard InChI is InChI=1S/C26H37F3N4O5S3/c1-3-32(4-2)17-21-18-33(14-15-38-21)13-12-20(19-39-22-8-6-5-7-9-22)31-24-11-10-23(41(30,36)37)16-25(24)40(34,35)26(27,28)29/h5-11,16,20-21,31H,3-4,12-15,17-19H2,1-2H3,(H2,30,36,37)/t20-,21+/m1/s1. The molecule has 9 nitrogen and oxygen atoms in total. The summed E-state index contributed by atoms with van der Waals surface area (Å²) in [6.07, 6.45) is 0.517. The zero-order valence-electron chi connectivity index (χ0n) is 23.0. The molecule has 0 radical (unpaired) electrons. The third kappa shape index (κ3) is 9.56. The Bertz CT molecular complexity index is 1340. The summed E-state index contributed by atoms with van der Waals surface area (Å²) in [5, 5.41) is 8.06. The smallest absolute Gasteiger partial charge is 0.380 e. The minimum atomic E-state index is -5.88. The molecule has 0 aliphatic carbocycles. The highest BCUT2D eigenvalue weighted by atomic mass is 32.2. The molecule has 2 aromatic carbocycles. The van der Waals surface area contributed by atoms with Crippen LogP contribution in [0.25, 0.3) is 0 Å². The summed E-state index contributed by atoms with van der Waals surface area (Å²) in [5.74, 6) is 0.416. The number of hydrogen-bond donors (Lipinski definition) is 2. The second-order valence-electron chi connectivity index (χ2n) is 9.69. The SMILES string of the molecule is CCN(CC)C[C@H]1CN(CC[C@H](CSc2ccccc2)Nc2ccc(S(N)(=O)=O)cc2S(=O)(=O)C(F)(F)F)CCO1. The van der Waals surface area contributed by atoms with Crippen LogP contribution < -0.4 is 10.5 Å². The third-order valence-corrected chi connectivity index (χ3v) is 10.4. The topological polar surface area (TPSA) is 122 Å². The van der Waals surface area contributed by atoms with E-state index in [9.17, 15) is 30.0 Å². The van der Waals surface area contributed by atoms with Crippen molar-refractivity contribution in [2.45, 2.75) is 52.6 Å². The van der Waals surface area contributed by atoms with Crippen LogP contribution in [0, 0.1) is 0 Å². The maximum absolute atomic E-state index is 13.6. The van der Waals surface area contributed by atoms with Gasteiger partial charge in [-0.15, -0.1) is 11.8 Å². The van der Waals surface area contributed by atoms with Crippen molar-refractivity contribution in [1.29, 1.82) is 0 Å². The minimum absolute atomic E-state index is 0.0306. The average molecular weight is 639 g/mol. The average Bonchev–Trinajstić information content (AvgIpc) is 2.92. The van der Waals surface area contributed by atoms with Crippen LogP contribution in [-0.4, -0.2) is 95.9 Å². The van der Waals surface area contributed by atoms with Gasteiger partial charge in [-0.2, -0.15) is 13.2 Å². The maximum atomic E-state index is 13.6. The normalized spacial score (nSPS) is 18.0. The van der Waals surface area contributed by atoms with Crippen LogP contribution >= 0.6 is 11.8 Å². The first-order chi connectivity index (χ1) is 19.2. The molecule has 1 aliphatic rings. The van der Waals surface area contributed by atoms with E-state index in [-0.39, 0.29) is 11.8 Å². The van der Waals surface area contributed by atoms with Crippen molar-refractivity contribution < 1.29 is 34.7 Å². The fourth-order valence-electron chi connectivity index (χ4n) is 4.48. The second kappa shape index (κ2) is 14.5. The van der Waals surface area contributed by atoms with Crippen molar-refractivity contribution in [3.05, 3.63) is 48.5 Å². The van der Waals surface area contributed by atoms with E-state index in [1.54, 1.807) is 0 Å². The fourth-order valence-corrected chi connectivity index (χ4v) is 7.03. The Morgan fingerprint density at radius 1 is 1.12 bits per heavy atom. The molecule has 1 heterocycles. The zero-order valence-corrected chi connectivity index (χ0v) is 25.5. The second-order valence-corrected chi connectivity index (χ2v) is 14.2. The number of nitrogens with zero attached hydrogens (tertiary/aromatic N) is 2. The summed E-state index contributed by atoms with van der Waals surface area (Å²) < 4.78 is 95.3. The molecule has 15 heteroatoms. The lowest BCUT2D eigenvalue weighted by molar-refractivity contribution is -0.0436. The number of anilines is 1. The molecular weight excluding hydrogens is 602 g/mol. The van der Waals surface area contributed by atoms with Gasteiger partial charge in [0.05, 0.1) is 23.3 Å². The van der Waals surface area contributed by atoms with Crippen molar-refractivity contribution in [3.8, 4) is 0 Å². The first-order valence-electron chi connectivity index (χ1n) is 13.2. The molecule has 0 spiro atoms. The van der Waals surface area contributed by atoms with Crippen LogP contribution in [0.15, 0.2) is 63.2 Å².